The molecule has 0 bridgehead atoms. The average molecular weight is 1040 g/mol. The zero-order chi connectivity index (χ0) is 43.8. The molecule has 5 aromatic heterocycles. The number of aryl methyl sites for hydroxylation is 3. The molecule has 327 valence electrons. The quantitative estimate of drug-likeness (QED) is 0.112. The van der Waals surface area contributed by atoms with Crippen LogP contribution >= 0.6 is 0 Å². The first-order chi connectivity index (χ1) is 30.4. The summed E-state index contributed by atoms with van der Waals surface area (Å²) in [6.45, 7) is 17.9. The van der Waals surface area contributed by atoms with Gasteiger partial charge in [-0.05, 0) is 80.4 Å². The van der Waals surface area contributed by atoms with Crippen molar-refractivity contribution in [3.05, 3.63) is 156 Å². The van der Waals surface area contributed by atoms with Crippen molar-refractivity contribution in [3.63, 3.8) is 0 Å². The van der Waals surface area contributed by atoms with E-state index in [0.717, 1.165) is 96.3 Å². The maximum Gasteiger partial charge on any atom is 0.124 e. The number of aromatic nitrogens is 5. The number of hydrogen-bond donors (Lipinski definition) is 0. The van der Waals surface area contributed by atoms with E-state index in [1.54, 1.807) is 0 Å². The molecule has 4 aromatic carbocycles. The first kappa shape index (κ1) is 45.1. The van der Waals surface area contributed by atoms with Crippen LogP contribution in [0.2, 0.25) is 19.6 Å². The van der Waals surface area contributed by atoms with Crippen LogP contribution in [0.15, 0.2) is 120 Å². The Morgan fingerprint density at radius 3 is 2.31 bits per heavy atom. The van der Waals surface area contributed by atoms with Gasteiger partial charge in [-0.2, -0.15) is 0 Å². The molecule has 10 rings (SSSR count). The number of benzene rings is 4. The second-order valence-electron chi connectivity index (χ2n) is 18.8. The fourth-order valence-electron chi connectivity index (χ4n) is 9.59. The van der Waals surface area contributed by atoms with Crippen LogP contribution in [-0.2, 0) is 26.5 Å². The fourth-order valence-corrected chi connectivity index (χ4v) is 11.2. The summed E-state index contributed by atoms with van der Waals surface area (Å²) < 4.78 is 8.70. The molecule has 9 aromatic rings. The number of hydrogen-bond acceptors (Lipinski definition) is 5. The Labute approximate surface area is 393 Å². The van der Waals surface area contributed by atoms with Crippen molar-refractivity contribution in [1.82, 2.24) is 24.5 Å². The van der Waals surface area contributed by atoms with Gasteiger partial charge in [0, 0.05) is 66.6 Å². The van der Waals surface area contributed by atoms with Gasteiger partial charge in [0.05, 0.1) is 36.2 Å². The molecule has 1 fully saturated rings. The summed E-state index contributed by atoms with van der Waals surface area (Å²) in [4.78, 5) is 19.2. The minimum atomic E-state index is -1.38. The van der Waals surface area contributed by atoms with E-state index in [9.17, 15) is 0 Å². The maximum atomic E-state index is 6.49. The Morgan fingerprint density at radius 2 is 1.55 bits per heavy atom. The normalized spacial score (nSPS) is 13.3. The van der Waals surface area contributed by atoms with E-state index in [1.807, 2.05) is 57.3 Å². The maximum absolute atomic E-state index is 6.49. The SMILES string of the molecule is CC(C)Cc1cc(-c2[c-]ccc(C3CCCCC3)c2)ncc1[Si](C)(C)C.Cc1cc2oc3c(-c4nc5c(C)nccc5n4-c4ccccc4-c4ccccc4)[c-]ccc3c2c(C)n1.[Ir]. The minimum Gasteiger partial charge on any atom is -0.500 e. The number of imidazole rings is 1. The van der Waals surface area contributed by atoms with Gasteiger partial charge in [0.2, 0.25) is 0 Å². The van der Waals surface area contributed by atoms with Crippen LogP contribution in [0.5, 0.6) is 0 Å². The van der Waals surface area contributed by atoms with E-state index in [-0.39, 0.29) is 20.1 Å². The monoisotopic (exact) mass is 1040 g/mol. The number of nitrogens with zero attached hydrogens (tertiary/aromatic N) is 5. The molecular formula is C56H57IrN5OSi-2. The van der Waals surface area contributed by atoms with Gasteiger partial charge in [0.25, 0.3) is 0 Å². The molecule has 0 saturated heterocycles. The first-order valence-electron chi connectivity index (χ1n) is 22.7. The van der Waals surface area contributed by atoms with E-state index in [4.69, 9.17) is 14.4 Å². The Kier molecular flexibility index (Phi) is 13.3. The van der Waals surface area contributed by atoms with Crippen LogP contribution < -0.4 is 5.19 Å². The zero-order valence-corrected chi connectivity index (χ0v) is 41.7. The van der Waals surface area contributed by atoms with E-state index in [0.29, 0.717) is 5.92 Å². The van der Waals surface area contributed by atoms with Gasteiger partial charge in [-0.3, -0.25) is 15.0 Å². The molecule has 8 heteroatoms. The summed E-state index contributed by atoms with van der Waals surface area (Å²) in [6, 6.07) is 42.9. The van der Waals surface area contributed by atoms with E-state index >= 15 is 0 Å². The van der Waals surface area contributed by atoms with Crippen LogP contribution in [0.3, 0.4) is 0 Å². The van der Waals surface area contributed by atoms with Gasteiger partial charge in [-0.1, -0.05) is 124 Å². The molecule has 1 radical (unpaired) electrons. The van der Waals surface area contributed by atoms with Crippen LogP contribution in [-0.4, -0.2) is 32.6 Å². The number of pyridine rings is 3. The molecule has 1 aliphatic rings. The summed E-state index contributed by atoms with van der Waals surface area (Å²) >= 11 is 0. The first-order valence-corrected chi connectivity index (χ1v) is 26.2. The van der Waals surface area contributed by atoms with Gasteiger partial charge in [-0.15, -0.1) is 53.6 Å². The molecular weight excluding hydrogens is 979 g/mol. The molecule has 6 nitrogen and oxygen atoms in total. The van der Waals surface area contributed by atoms with Gasteiger partial charge in [0.15, 0.2) is 0 Å². The molecule has 1 saturated carbocycles. The zero-order valence-electron chi connectivity index (χ0n) is 38.3. The topological polar surface area (TPSA) is 69.6 Å². The largest absolute Gasteiger partial charge is 0.500 e. The van der Waals surface area contributed by atoms with Gasteiger partial charge in [0.1, 0.15) is 5.58 Å². The van der Waals surface area contributed by atoms with Crippen LogP contribution in [0.1, 0.15) is 80.1 Å². The summed E-state index contributed by atoms with van der Waals surface area (Å²) in [5, 5.41) is 3.55. The van der Waals surface area contributed by atoms with Crippen molar-refractivity contribution in [2.75, 3.05) is 0 Å². The predicted octanol–water partition coefficient (Wildman–Crippen LogP) is 14.1. The minimum absolute atomic E-state index is 0. The second kappa shape index (κ2) is 18.9. The smallest absolute Gasteiger partial charge is 0.124 e. The molecule has 0 atom stereocenters. The van der Waals surface area contributed by atoms with Crippen molar-refractivity contribution in [2.24, 2.45) is 5.92 Å². The van der Waals surface area contributed by atoms with Crippen LogP contribution in [0.25, 0.3) is 72.4 Å². The van der Waals surface area contributed by atoms with E-state index < -0.39 is 8.07 Å². The summed E-state index contributed by atoms with van der Waals surface area (Å²) in [5.74, 6) is 2.16. The van der Waals surface area contributed by atoms with Crippen LogP contribution in [0, 0.1) is 38.8 Å². The van der Waals surface area contributed by atoms with Gasteiger partial charge >= 0.3 is 0 Å². The molecule has 0 aliphatic heterocycles. The Hall–Kier alpha value is -5.53. The van der Waals surface area contributed by atoms with Crippen molar-refractivity contribution in [2.45, 2.75) is 98.7 Å². The second-order valence-corrected chi connectivity index (χ2v) is 23.8. The average Bonchev–Trinajstić information content (AvgIpc) is 3.86. The third-order valence-electron chi connectivity index (χ3n) is 12.5. The van der Waals surface area contributed by atoms with Crippen molar-refractivity contribution in [1.29, 1.82) is 0 Å². The molecule has 0 unspecified atom stereocenters. The Bertz CT molecular complexity index is 3080. The molecule has 0 amide bonds. The summed E-state index contributed by atoms with van der Waals surface area (Å²) in [6.07, 6.45) is 12.0. The predicted molar refractivity (Wildman–Crippen MR) is 264 cm³/mol. The van der Waals surface area contributed by atoms with Crippen molar-refractivity contribution >= 4 is 46.2 Å². The standard InChI is InChI=1S/C32H23N4O.C24H34NSi.Ir/c1-19-18-28-29(20(2)34-19)24-13-9-14-25(31(24)37-28)32-35-30-21(3)33-17-16-27(30)36(32)26-15-8-7-12-23(26)22-10-5-4-6-11-22;1-18(2)14-22-16-23(25-17-24(22)26(3,4)5)21-13-9-12-20(15-21)19-10-7-6-8-11-19;/h4-13,15-18H,1-3H3;9,12,15-19H,6-8,10-11,14H2,1-5H3;/q2*-1;. The molecule has 0 N–H and O–H groups in total. The molecule has 1 aliphatic carbocycles. The van der Waals surface area contributed by atoms with E-state index in [1.165, 1.54) is 54.0 Å². The van der Waals surface area contributed by atoms with Gasteiger partial charge in [-0.25, -0.2) is 0 Å². The Morgan fingerprint density at radius 1 is 0.797 bits per heavy atom. The molecule has 64 heavy (non-hydrogen) atoms. The van der Waals surface area contributed by atoms with Gasteiger partial charge < -0.3 is 14.0 Å². The number of furan rings is 1. The summed E-state index contributed by atoms with van der Waals surface area (Å²) in [5.41, 5.74) is 15.5. The number of rotatable bonds is 8. The summed E-state index contributed by atoms with van der Waals surface area (Å²) in [7, 11) is -1.38. The molecule has 5 heterocycles. The van der Waals surface area contributed by atoms with Crippen molar-refractivity contribution < 1.29 is 24.5 Å². The fraction of sp³-hybridized carbons (Fsp3) is 0.286. The van der Waals surface area contributed by atoms with Crippen LogP contribution in [0.4, 0.5) is 0 Å². The third kappa shape index (κ3) is 9.06. The molecule has 0 spiro atoms. The Balaban J connectivity index is 0.000000184. The number of fused-ring (bicyclic) bond motifs is 4. The number of para-hydroxylation sites is 1. The van der Waals surface area contributed by atoms with Crippen molar-refractivity contribution in [3.8, 4) is 39.5 Å². The van der Waals surface area contributed by atoms with E-state index in [2.05, 4.69) is 139 Å². The third-order valence-corrected chi connectivity index (χ3v) is 14.6.